The SMILES string of the molecule is O=C(O)c1cnn(-c2nc3ncn(Cc4ccc5c(c4)CCO5)c3c(=O)[nH]2)c1. The first-order valence-corrected chi connectivity index (χ1v) is 8.56. The second-order valence-corrected chi connectivity index (χ2v) is 6.45. The topological polar surface area (TPSA) is 128 Å². The Morgan fingerprint density at radius 1 is 1.36 bits per heavy atom. The van der Waals surface area contributed by atoms with E-state index in [-0.39, 0.29) is 22.7 Å². The summed E-state index contributed by atoms with van der Waals surface area (Å²) in [4.78, 5) is 34.8. The number of aromatic nitrogens is 6. The molecular weight excluding hydrogens is 364 g/mol. The van der Waals surface area contributed by atoms with E-state index in [0.29, 0.717) is 18.7 Å². The molecule has 5 rings (SSSR count). The number of carboxylic acids is 1. The zero-order valence-corrected chi connectivity index (χ0v) is 14.5. The predicted octanol–water partition coefficient (Wildman–Crippen LogP) is 0.987. The monoisotopic (exact) mass is 378 g/mol. The molecule has 0 radical (unpaired) electrons. The fourth-order valence-corrected chi connectivity index (χ4v) is 3.29. The summed E-state index contributed by atoms with van der Waals surface area (Å²) >= 11 is 0. The molecule has 0 aliphatic carbocycles. The molecule has 0 bridgehead atoms. The number of ether oxygens (including phenoxy) is 1. The van der Waals surface area contributed by atoms with Crippen LogP contribution in [0.2, 0.25) is 0 Å². The summed E-state index contributed by atoms with van der Waals surface area (Å²) in [5, 5.41) is 12.9. The molecule has 10 heteroatoms. The fraction of sp³-hybridized carbons (Fsp3) is 0.167. The third-order valence-electron chi connectivity index (χ3n) is 4.62. The number of fused-ring (bicyclic) bond motifs is 2. The Balaban J connectivity index is 1.51. The van der Waals surface area contributed by atoms with Crippen molar-refractivity contribution in [1.82, 2.24) is 29.3 Å². The van der Waals surface area contributed by atoms with Crippen LogP contribution in [0.4, 0.5) is 0 Å². The molecule has 1 aliphatic rings. The van der Waals surface area contributed by atoms with Crippen LogP contribution in [0.5, 0.6) is 5.75 Å². The number of carbonyl (C=O) groups is 1. The molecule has 1 aromatic carbocycles. The van der Waals surface area contributed by atoms with Crippen molar-refractivity contribution in [3.8, 4) is 11.7 Å². The third-order valence-corrected chi connectivity index (χ3v) is 4.62. The highest BCUT2D eigenvalue weighted by Crippen LogP contribution is 2.26. The Labute approximate surface area is 157 Å². The maximum atomic E-state index is 12.6. The number of nitrogens with zero attached hydrogens (tertiary/aromatic N) is 5. The van der Waals surface area contributed by atoms with Crippen molar-refractivity contribution in [3.63, 3.8) is 0 Å². The lowest BCUT2D eigenvalue weighted by Gasteiger charge is -2.06. The maximum absolute atomic E-state index is 12.6. The first-order valence-electron chi connectivity index (χ1n) is 8.56. The van der Waals surface area contributed by atoms with Gasteiger partial charge in [0.1, 0.15) is 5.75 Å². The lowest BCUT2D eigenvalue weighted by Crippen LogP contribution is -2.16. The molecule has 0 saturated carbocycles. The fourth-order valence-electron chi connectivity index (χ4n) is 3.29. The number of carboxylic acid groups (broad SMARTS) is 1. The number of hydrogen-bond donors (Lipinski definition) is 2. The van der Waals surface area contributed by atoms with Gasteiger partial charge in [-0.1, -0.05) is 12.1 Å². The normalized spacial score (nSPS) is 12.9. The smallest absolute Gasteiger partial charge is 0.338 e. The molecule has 2 N–H and O–H groups in total. The van der Waals surface area contributed by atoms with Crippen LogP contribution in [0.1, 0.15) is 21.5 Å². The van der Waals surface area contributed by atoms with E-state index in [4.69, 9.17) is 9.84 Å². The first kappa shape index (κ1) is 16.2. The lowest BCUT2D eigenvalue weighted by molar-refractivity contribution is 0.0697. The highest BCUT2D eigenvalue weighted by Gasteiger charge is 2.16. The van der Waals surface area contributed by atoms with Crippen molar-refractivity contribution in [2.24, 2.45) is 0 Å². The molecule has 0 unspecified atom stereocenters. The van der Waals surface area contributed by atoms with Crippen molar-refractivity contribution in [2.45, 2.75) is 13.0 Å². The van der Waals surface area contributed by atoms with Crippen LogP contribution in [-0.2, 0) is 13.0 Å². The molecule has 3 aromatic heterocycles. The van der Waals surface area contributed by atoms with Crippen LogP contribution in [0.3, 0.4) is 0 Å². The molecule has 28 heavy (non-hydrogen) atoms. The molecular formula is C18H14N6O4. The van der Waals surface area contributed by atoms with E-state index in [1.165, 1.54) is 17.1 Å². The molecule has 4 heterocycles. The van der Waals surface area contributed by atoms with Gasteiger partial charge >= 0.3 is 5.97 Å². The lowest BCUT2D eigenvalue weighted by atomic mass is 10.1. The van der Waals surface area contributed by atoms with Crippen molar-refractivity contribution in [1.29, 1.82) is 0 Å². The van der Waals surface area contributed by atoms with Crippen LogP contribution in [0.25, 0.3) is 17.1 Å². The van der Waals surface area contributed by atoms with Crippen LogP contribution in [-0.4, -0.2) is 47.0 Å². The second-order valence-electron chi connectivity index (χ2n) is 6.45. The zero-order valence-electron chi connectivity index (χ0n) is 14.5. The van der Waals surface area contributed by atoms with Crippen LogP contribution in [0.15, 0.2) is 41.7 Å². The number of benzene rings is 1. The van der Waals surface area contributed by atoms with E-state index >= 15 is 0 Å². The Kier molecular flexibility index (Phi) is 3.51. The summed E-state index contributed by atoms with van der Waals surface area (Å²) in [6, 6.07) is 5.97. The van der Waals surface area contributed by atoms with Crippen molar-refractivity contribution < 1.29 is 14.6 Å². The van der Waals surface area contributed by atoms with Crippen LogP contribution >= 0.6 is 0 Å². The van der Waals surface area contributed by atoms with E-state index < -0.39 is 5.97 Å². The van der Waals surface area contributed by atoms with Gasteiger partial charge < -0.3 is 14.4 Å². The third kappa shape index (κ3) is 2.62. The summed E-state index contributed by atoms with van der Waals surface area (Å²) in [5.74, 6) is -0.105. The predicted molar refractivity (Wildman–Crippen MR) is 97.0 cm³/mol. The van der Waals surface area contributed by atoms with Gasteiger partial charge in [0.05, 0.1) is 24.7 Å². The number of rotatable bonds is 4. The first-order chi connectivity index (χ1) is 13.6. The number of aromatic carboxylic acids is 1. The Bertz CT molecular complexity index is 1280. The molecule has 4 aromatic rings. The molecule has 1 aliphatic heterocycles. The van der Waals surface area contributed by atoms with E-state index in [1.54, 1.807) is 10.9 Å². The number of nitrogens with one attached hydrogen (secondary N) is 1. The minimum absolute atomic E-state index is 0.00568. The Morgan fingerprint density at radius 3 is 3.07 bits per heavy atom. The summed E-state index contributed by atoms with van der Waals surface area (Å²) in [5.41, 5.74) is 2.40. The van der Waals surface area contributed by atoms with Crippen LogP contribution in [0, 0.1) is 0 Å². The highest BCUT2D eigenvalue weighted by molar-refractivity contribution is 5.86. The van der Waals surface area contributed by atoms with Gasteiger partial charge in [-0.15, -0.1) is 0 Å². The molecule has 140 valence electrons. The Morgan fingerprint density at radius 2 is 2.25 bits per heavy atom. The number of H-pyrrole nitrogens is 1. The minimum Gasteiger partial charge on any atom is -0.493 e. The van der Waals surface area contributed by atoms with Gasteiger partial charge in [-0.25, -0.2) is 14.5 Å². The van der Waals surface area contributed by atoms with Crippen molar-refractivity contribution >= 4 is 17.1 Å². The van der Waals surface area contributed by atoms with Gasteiger partial charge in [-0.3, -0.25) is 9.78 Å². The quantitative estimate of drug-likeness (QED) is 0.542. The number of hydrogen-bond acceptors (Lipinski definition) is 6. The largest absolute Gasteiger partial charge is 0.493 e. The summed E-state index contributed by atoms with van der Waals surface area (Å²) < 4.78 is 8.45. The van der Waals surface area contributed by atoms with Gasteiger partial charge in [0.15, 0.2) is 11.2 Å². The van der Waals surface area contributed by atoms with Gasteiger partial charge in [0.2, 0.25) is 5.95 Å². The average molecular weight is 378 g/mol. The molecule has 10 nitrogen and oxygen atoms in total. The summed E-state index contributed by atoms with van der Waals surface area (Å²) in [7, 11) is 0. The van der Waals surface area contributed by atoms with Gasteiger partial charge in [-0.2, -0.15) is 10.1 Å². The molecule has 0 amide bonds. The van der Waals surface area contributed by atoms with Gasteiger partial charge in [0.25, 0.3) is 5.56 Å². The number of imidazole rings is 1. The van der Waals surface area contributed by atoms with Crippen LogP contribution < -0.4 is 10.3 Å². The van der Waals surface area contributed by atoms with E-state index in [1.807, 2.05) is 12.1 Å². The van der Waals surface area contributed by atoms with Gasteiger partial charge in [0, 0.05) is 19.2 Å². The molecule has 0 fully saturated rings. The van der Waals surface area contributed by atoms with Crippen molar-refractivity contribution in [3.05, 3.63) is 64.0 Å². The van der Waals surface area contributed by atoms with Gasteiger partial charge in [-0.05, 0) is 17.2 Å². The second kappa shape index (κ2) is 6.05. The van der Waals surface area contributed by atoms with Crippen molar-refractivity contribution in [2.75, 3.05) is 6.61 Å². The Hall–Kier alpha value is -3.95. The maximum Gasteiger partial charge on any atom is 0.338 e. The van der Waals surface area contributed by atoms with E-state index in [0.717, 1.165) is 23.3 Å². The van der Waals surface area contributed by atoms with E-state index in [2.05, 4.69) is 26.1 Å². The molecule has 0 saturated heterocycles. The van der Waals surface area contributed by atoms with E-state index in [9.17, 15) is 9.59 Å². The zero-order chi connectivity index (χ0) is 19.3. The highest BCUT2D eigenvalue weighted by atomic mass is 16.5. The molecule has 0 spiro atoms. The standard InChI is InChI=1S/C18H14N6O4/c25-16-14-15(21-18(22-16)24-8-12(6-20-24)17(26)27)19-9-23(14)7-10-1-2-13-11(5-10)3-4-28-13/h1-2,5-6,8-9H,3-4,7H2,(H,26,27)(H,21,22,25). The summed E-state index contributed by atoms with van der Waals surface area (Å²) in [6.45, 7) is 1.16. The minimum atomic E-state index is -1.11. The number of aromatic amines is 1. The average Bonchev–Trinajstić information content (AvgIpc) is 3.41. The summed E-state index contributed by atoms with van der Waals surface area (Å²) in [6.07, 6.45) is 4.90. The molecule has 0 atom stereocenters.